The molecule has 2 aliphatic rings. The average Bonchev–Trinajstić information content (AvgIpc) is 3.00. The first kappa shape index (κ1) is 17.7. The SMILES string of the molecule is COc1cccc(N(NC2=NC3CN2OC(=O)C(=O)O3)c2ccc(C)cc2)c1. The van der Waals surface area contributed by atoms with Crippen molar-refractivity contribution in [2.75, 3.05) is 18.7 Å². The number of hydroxylamine groups is 2. The van der Waals surface area contributed by atoms with Gasteiger partial charge in [0.1, 0.15) is 12.3 Å². The number of hydrogen-bond donors (Lipinski definition) is 1. The Bertz CT molecular complexity index is 944. The van der Waals surface area contributed by atoms with Crippen LogP contribution in [-0.4, -0.2) is 42.8 Å². The minimum Gasteiger partial charge on any atom is -0.497 e. The van der Waals surface area contributed by atoms with E-state index >= 15 is 0 Å². The van der Waals surface area contributed by atoms with Gasteiger partial charge in [-0.25, -0.2) is 14.6 Å². The molecule has 2 aromatic rings. The number of hydrogen-bond acceptors (Lipinski definition) is 9. The molecule has 1 unspecified atom stereocenters. The third-order valence-electron chi connectivity index (χ3n) is 4.24. The number of ether oxygens (including phenoxy) is 2. The Morgan fingerprint density at radius 1 is 1.14 bits per heavy atom. The molecule has 1 N–H and O–H groups in total. The molecule has 2 heterocycles. The van der Waals surface area contributed by atoms with Crippen LogP contribution < -0.4 is 15.2 Å². The smallest absolute Gasteiger partial charge is 0.441 e. The van der Waals surface area contributed by atoms with Crippen molar-refractivity contribution in [2.45, 2.75) is 13.2 Å². The van der Waals surface area contributed by atoms with Gasteiger partial charge in [-0.15, -0.1) is 0 Å². The van der Waals surface area contributed by atoms with E-state index in [1.807, 2.05) is 55.5 Å². The summed E-state index contributed by atoms with van der Waals surface area (Å²) < 4.78 is 10.3. The molecule has 4 rings (SSSR count). The highest BCUT2D eigenvalue weighted by Crippen LogP contribution is 2.28. The summed E-state index contributed by atoms with van der Waals surface area (Å²) in [5.41, 5.74) is 5.85. The van der Waals surface area contributed by atoms with E-state index in [1.165, 1.54) is 5.06 Å². The summed E-state index contributed by atoms with van der Waals surface area (Å²) in [6.07, 6.45) is -0.813. The van der Waals surface area contributed by atoms with Gasteiger partial charge in [0, 0.05) is 6.07 Å². The number of guanidine groups is 1. The minimum absolute atomic E-state index is 0.125. The van der Waals surface area contributed by atoms with Crippen molar-refractivity contribution in [2.24, 2.45) is 4.99 Å². The zero-order valence-corrected chi connectivity index (χ0v) is 15.3. The average molecular weight is 382 g/mol. The molecular weight excluding hydrogens is 364 g/mol. The third kappa shape index (κ3) is 3.41. The van der Waals surface area contributed by atoms with Crippen molar-refractivity contribution in [3.05, 3.63) is 54.1 Å². The van der Waals surface area contributed by atoms with E-state index in [1.54, 1.807) is 12.1 Å². The van der Waals surface area contributed by atoms with E-state index < -0.39 is 18.2 Å². The Hall–Kier alpha value is -3.75. The molecule has 1 fully saturated rings. The quantitative estimate of drug-likeness (QED) is 0.485. The summed E-state index contributed by atoms with van der Waals surface area (Å²) in [7, 11) is 1.59. The van der Waals surface area contributed by atoms with E-state index in [-0.39, 0.29) is 12.5 Å². The van der Waals surface area contributed by atoms with Crippen molar-refractivity contribution in [1.29, 1.82) is 0 Å². The van der Waals surface area contributed by atoms with E-state index in [9.17, 15) is 9.59 Å². The van der Waals surface area contributed by atoms with Gasteiger partial charge >= 0.3 is 11.9 Å². The molecule has 2 aliphatic heterocycles. The van der Waals surface area contributed by atoms with Gasteiger partial charge in [-0.05, 0) is 31.2 Å². The number of aliphatic imine (C=N–C) groups is 1. The summed E-state index contributed by atoms with van der Waals surface area (Å²) in [5, 5.41) is 2.98. The number of anilines is 2. The maximum absolute atomic E-state index is 11.6. The van der Waals surface area contributed by atoms with Crippen molar-refractivity contribution in [3.63, 3.8) is 0 Å². The molecule has 1 saturated heterocycles. The molecular formula is C19H18N4O5. The van der Waals surface area contributed by atoms with Gasteiger partial charge < -0.3 is 14.3 Å². The second kappa shape index (κ2) is 7.10. The predicted molar refractivity (Wildman–Crippen MR) is 99.6 cm³/mol. The van der Waals surface area contributed by atoms with Crippen molar-refractivity contribution in [3.8, 4) is 5.75 Å². The predicted octanol–water partition coefficient (Wildman–Crippen LogP) is 1.66. The molecule has 0 radical (unpaired) electrons. The number of nitrogens with zero attached hydrogens (tertiary/aromatic N) is 3. The lowest BCUT2D eigenvalue weighted by Crippen LogP contribution is -2.47. The van der Waals surface area contributed by atoms with Crippen molar-refractivity contribution in [1.82, 2.24) is 10.5 Å². The van der Waals surface area contributed by atoms with E-state index in [0.717, 1.165) is 16.9 Å². The maximum atomic E-state index is 11.6. The number of hydrazine groups is 1. The molecule has 144 valence electrons. The number of fused-ring (bicyclic) bond motifs is 2. The largest absolute Gasteiger partial charge is 0.497 e. The first-order chi connectivity index (χ1) is 13.5. The topological polar surface area (TPSA) is 92.7 Å². The Kier molecular flexibility index (Phi) is 4.48. The molecule has 0 saturated carbocycles. The van der Waals surface area contributed by atoms with Gasteiger partial charge in [0.2, 0.25) is 6.23 Å². The maximum Gasteiger partial charge on any atom is 0.441 e. The number of benzene rings is 2. The summed E-state index contributed by atoms with van der Waals surface area (Å²) >= 11 is 0. The number of esters is 1. The molecule has 0 aliphatic carbocycles. The molecule has 0 spiro atoms. The fraction of sp³-hybridized carbons (Fsp3) is 0.211. The number of carbonyl (C=O) groups excluding carboxylic acids is 2. The third-order valence-corrected chi connectivity index (χ3v) is 4.24. The minimum atomic E-state index is -1.08. The monoisotopic (exact) mass is 382 g/mol. The molecule has 2 aromatic carbocycles. The van der Waals surface area contributed by atoms with Gasteiger partial charge in [0.05, 0.1) is 18.5 Å². The van der Waals surface area contributed by atoms with E-state index in [0.29, 0.717) is 5.75 Å². The van der Waals surface area contributed by atoms with Crippen LogP contribution in [0.1, 0.15) is 5.56 Å². The number of carbonyl (C=O) groups is 2. The zero-order chi connectivity index (χ0) is 19.7. The molecule has 0 amide bonds. The summed E-state index contributed by atoms with van der Waals surface area (Å²) in [6.45, 7) is 2.12. The van der Waals surface area contributed by atoms with Crippen LogP contribution in [0.2, 0.25) is 0 Å². The van der Waals surface area contributed by atoms with Crippen LogP contribution in [0.15, 0.2) is 53.5 Å². The first-order valence-electron chi connectivity index (χ1n) is 8.59. The zero-order valence-electron chi connectivity index (χ0n) is 15.3. The Morgan fingerprint density at radius 2 is 1.93 bits per heavy atom. The van der Waals surface area contributed by atoms with Crippen molar-refractivity contribution < 1.29 is 23.9 Å². The number of rotatable bonds is 4. The molecule has 9 heteroatoms. The lowest BCUT2D eigenvalue weighted by molar-refractivity contribution is -0.179. The van der Waals surface area contributed by atoms with Crippen molar-refractivity contribution >= 4 is 29.3 Å². The number of aryl methyl sites for hydroxylation is 1. The highest BCUT2D eigenvalue weighted by molar-refractivity contribution is 6.30. The highest BCUT2D eigenvalue weighted by Gasteiger charge is 2.39. The van der Waals surface area contributed by atoms with Gasteiger partial charge in [-0.3, -0.25) is 10.4 Å². The van der Waals surface area contributed by atoms with Crippen LogP contribution in [0.25, 0.3) is 0 Å². The van der Waals surface area contributed by atoms with Gasteiger partial charge in [0.15, 0.2) is 0 Å². The summed E-state index contributed by atoms with van der Waals surface area (Å²) in [5.74, 6) is -1.21. The molecule has 9 nitrogen and oxygen atoms in total. The molecule has 1 atom stereocenters. The lowest BCUT2D eigenvalue weighted by Gasteiger charge is -2.29. The fourth-order valence-corrected chi connectivity index (χ4v) is 2.83. The Balaban J connectivity index is 1.68. The van der Waals surface area contributed by atoms with Gasteiger partial charge in [-0.2, -0.15) is 5.06 Å². The summed E-state index contributed by atoms with van der Waals surface area (Å²) in [4.78, 5) is 32.4. The van der Waals surface area contributed by atoms with Crippen LogP contribution in [0.3, 0.4) is 0 Å². The normalized spacial score (nSPS) is 18.0. The Morgan fingerprint density at radius 3 is 2.68 bits per heavy atom. The standard InChI is InChI=1S/C19H18N4O5/c1-12-6-8-13(9-7-12)23(14-4-3-5-15(10-14)26-2)21-19-20-16-11-22(19)28-18(25)17(24)27-16/h3-10,16H,11H2,1-2H3,(H,20,21). The molecule has 0 aromatic heterocycles. The van der Waals surface area contributed by atoms with E-state index in [2.05, 4.69) is 10.4 Å². The van der Waals surface area contributed by atoms with Crippen LogP contribution in [-0.2, 0) is 19.2 Å². The van der Waals surface area contributed by atoms with Crippen LogP contribution in [0.5, 0.6) is 5.75 Å². The molecule has 28 heavy (non-hydrogen) atoms. The van der Waals surface area contributed by atoms with E-state index in [4.69, 9.17) is 14.3 Å². The van der Waals surface area contributed by atoms with Crippen LogP contribution >= 0.6 is 0 Å². The number of nitrogens with one attached hydrogen (secondary N) is 1. The molecule has 2 bridgehead atoms. The first-order valence-corrected chi connectivity index (χ1v) is 8.59. The van der Waals surface area contributed by atoms with Gasteiger partial charge in [0.25, 0.3) is 5.96 Å². The van der Waals surface area contributed by atoms with Gasteiger partial charge in [-0.1, -0.05) is 23.8 Å². The Labute approximate surface area is 161 Å². The second-order valence-electron chi connectivity index (χ2n) is 6.24. The summed E-state index contributed by atoms with van der Waals surface area (Å²) in [6, 6.07) is 15.3. The highest BCUT2D eigenvalue weighted by atomic mass is 16.7. The van der Waals surface area contributed by atoms with Crippen LogP contribution in [0.4, 0.5) is 11.4 Å². The number of methoxy groups -OCH3 is 1. The fourth-order valence-electron chi connectivity index (χ4n) is 2.83. The lowest BCUT2D eigenvalue weighted by atomic mass is 10.2. The van der Waals surface area contributed by atoms with Crippen LogP contribution in [0, 0.1) is 6.92 Å². The second-order valence-corrected chi connectivity index (χ2v) is 6.24.